The Morgan fingerprint density at radius 3 is 2.79 bits per heavy atom. The lowest BCUT2D eigenvalue weighted by Crippen LogP contribution is -2.30. The molecule has 1 aromatic carbocycles. The molecule has 2 nitrogen and oxygen atoms in total. The van der Waals surface area contributed by atoms with E-state index in [0.29, 0.717) is 12.0 Å². The van der Waals surface area contributed by atoms with Gasteiger partial charge in [-0.3, -0.25) is 4.90 Å². The van der Waals surface area contributed by atoms with Crippen molar-refractivity contribution in [1.82, 2.24) is 4.90 Å². The van der Waals surface area contributed by atoms with Crippen molar-refractivity contribution in [1.29, 1.82) is 0 Å². The fraction of sp³-hybridized carbons (Fsp3) is 0.600. The van der Waals surface area contributed by atoms with E-state index in [1.807, 2.05) is 19.1 Å². The van der Waals surface area contributed by atoms with E-state index < -0.39 is 0 Å². The molecule has 1 aliphatic carbocycles. The van der Waals surface area contributed by atoms with Gasteiger partial charge in [-0.15, -0.1) is 12.4 Å². The molecule has 106 valence electrons. The molecule has 1 saturated heterocycles. The van der Waals surface area contributed by atoms with E-state index in [1.54, 1.807) is 6.07 Å². The smallest absolute Gasteiger partial charge is 0.126 e. The van der Waals surface area contributed by atoms with Crippen LogP contribution in [0, 0.1) is 24.6 Å². The van der Waals surface area contributed by atoms with Gasteiger partial charge in [-0.25, -0.2) is 4.39 Å². The molecule has 3 unspecified atom stereocenters. The van der Waals surface area contributed by atoms with Gasteiger partial charge < -0.3 is 5.73 Å². The first-order valence-corrected chi connectivity index (χ1v) is 6.86. The van der Waals surface area contributed by atoms with E-state index >= 15 is 0 Å². The molecule has 0 radical (unpaired) electrons. The van der Waals surface area contributed by atoms with Crippen molar-refractivity contribution in [2.24, 2.45) is 17.6 Å². The van der Waals surface area contributed by atoms with Gasteiger partial charge in [-0.05, 0) is 48.8 Å². The van der Waals surface area contributed by atoms with Gasteiger partial charge in [0.15, 0.2) is 0 Å². The van der Waals surface area contributed by atoms with Gasteiger partial charge >= 0.3 is 0 Å². The number of halogens is 2. The van der Waals surface area contributed by atoms with Crippen LogP contribution in [-0.2, 0) is 6.54 Å². The summed E-state index contributed by atoms with van der Waals surface area (Å²) in [6.45, 7) is 5.03. The van der Waals surface area contributed by atoms with Crippen LogP contribution in [0.25, 0.3) is 0 Å². The zero-order valence-corrected chi connectivity index (χ0v) is 12.1. The van der Waals surface area contributed by atoms with Crippen LogP contribution in [0.2, 0.25) is 0 Å². The van der Waals surface area contributed by atoms with Gasteiger partial charge in [-0.2, -0.15) is 0 Å². The molecule has 2 fully saturated rings. The van der Waals surface area contributed by atoms with E-state index in [4.69, 9.17) is 5.73 Å². The van der Waals surface area contributed by atoms with E-state index in [-0.39, 0.29) is 18.2 Å². The van der Waals surface area contributed by atoms with Crippen molar-refractivity contribution in [2.45, 2.75) is 32.4 Å². The third-order valence-electron chi connectivity index (χ3n) is 4.62. The molecule has 19 heavy (non-hydrogen) atoms. The minimum Gasteiger partial charge on any atom is -0.327 e. The third-order valence-corrected chi connectivity index (χ3v) is 4.62. The summed E-state index contributed by atoms with van der Waals surface area (Å²) in [5.74, 6) is 1.37. The summed E-state index contributed by atoms with van der Waals surface area (Å²) >= 11 is 0. The van der Waals surface area contributed by atoms with Gasteiger partial charge in [0.2, 0.25) is 0 Å². The third kappa shape index (κ3) is 2.93. The Labute approximate surface area is 120 Å². The summed E-state index contributed by atoms with van der Waals surface area (Å²) in [5.41, 5.74) is 8.09. The zero-order chi connectivity index (χ0) is 12.7. The van der Waals surface area contributed by atoms with E-state index in [2.05, 4.69) is 4.90 Å². The first-order valence-electron chi connectivity index (χ1n) is 6.86. The average Bonchev–Trinajstić information content (AvgIpc) is 2.87. The first-order chi connectivity index (χ1) is 8.63. The first kappa shape index (κ1) is 14.8. The van der Waals surface area contributed by atoms with Gasteiger partial charge in [0, 0.05) is 25.7 Å². The number of hydrogen-bond donors (Lipinski definition) is 1. The number of nitrogens with zero attached hydrogens (tertiary/aromatic N) is 1. The van der Waals surface area contributed by atoms with Gasteiger partial charge in [-0.1, -0.05) is 12.1 Å². The molecule has 4 heteroatoms. The number of rotatable bonds is 2. The van der Waals surface area contributed by atoms with Crippen LogP contribution in [0.15, 0.2) is 18.2 Å². The Morgan fingerprint density at radius 2 is 2.11 bits per heavy atom. The minimum absolute atomic E-state index is 0. The van der Waals surface area contributed by atoms with Crippen LogP contribution in [0.3, 0.4) is 0 Å². The highest BCUT2D eigenvalue weighted by atomic mass is 35.5. The number of hydrogen-bond acceptors (Lipinski definition) is 2. The van der Waals surface area contributed by atoms with Gasteiger partial charge in [0.25, 0.3) is 0 Å². The average molecular weight is 285 g/mol. The molecule has 0 amide bonds. The predicted octanol–water partition coefficient (Wildman–Crippen LogP) is 2.73. The Balaban J connectivity index is 0.00000133. The molecular weight excluding hydrogens is 263 g/mol. The molecule has 1 aliphatic heterocycles. The number of likely N-dealkylation sites (tertiary alicyclic amines) is 1. The summed E-state index contributed by atoms with van der Waals surface area (Å²) < 4.78 is 13.2. The summed E-state index contributed by atoms with van der Waals surface area (Å²) in [7, 11) is 0. The zero-order valence-electron chi connectivity index (χ0n) is 11.3. The summed E-state index contributed by atoms with van der Waals surface area (Å²) in [6.07, 6.45) is 2.48. The van der Waals surface area contributed by atoms with Gasteiger partial charge in [0.05, 0.1) is 0 Å². The second-order valence-corrected chi connectivity index (χ2v) is 5.94. The molecule has 0 bridgehead atoms. The number of aryl methyl sites for hydroxylation is 1. The topological polar surface area (TPSA) is 29.3 Å². The Hall–Kier alpha value is -0.640. The Kier molecular flexibility index (Phi) is 4.49. The molecule has 3 atom stereocenters. The highest BCUT2D eigenvalue weighted by Gasteiger charge is 2.40. The summed E-state index contributed by atoms with van der Waals surface area (Å²) in [5, 5.41) is 0. The van der Waals surface area contributed by atoms with Crippen molar-refractivity contribution >= 4 is 12.4 Å². The Bertz CT molecular complexity index is 452. The SMILES string of the molecule is Cc1cc(CN2CC3CCC(N)C3C2)ccc1F.Cl. The summed E-state index contributed by atoms with van der Waals surface area (Å²) in [4.78, 5) is 2.47. The molecule has 2 aliphatic rings. The fourth-order valence-corrected chi connectivity index (χ4v) is 3.59. The van der Waals surface area contributed by atoms with Crippen LogP contribution >= 0.6 is 12.4 Å². The van der Waals surface area contributed by atoms with E-state index in [1.165, 1.54) is 18.4 Å². The van der Waals surface area contributed by atoms with Crippen molar-refractivity contribution in [3.05, 3.63) is 35.1 Å². The lowest BCUT2D eigenvalue weighted by atomic mass is 9.98. The molecule has 1 heterocycles. The second-order valence-electron chi connectivity index (χ2n) is 5.94. The maximum Gasteiger partial charge on any atom is 0.126 e. The van der Waals surface area contributed by atoms with Crippen molar-refractivity contribution in [3.8, 4) is 0 Å². The van der Waals surface area contributed by atoms with Gasteiger partial charge in [0.1, 0.15) is 5.82 Å². The normalized spacial score (nSPS) is 30.2. The van der Waals surface area contributed by atoms with E-state index in [9.17, 15) is 4.39 Å². The number of benzene rings is 1. The van der Waals surface area contributed by atoms with Crippen molar-refractivity contribution in [3.63, 3.8) is 0 Å². The fourth-order valence-electron chi connectivity index (χ4n) is 3.59. The van der Waals surface area contributed by atoms with E-state index in [0.717, 1.165) is 31.1 Å². The Morgan fingerprint density at radius 1 is 1.32 bits per heavy atom. The monoisotopic (exact) mass is 284 g/mol. The second kappa shape index (κ2) is 5.78. The standard InChI is InChI=1S/C15H21FN2.ClH/c1-10-6-11(2-4-14(10)16)7-18-8-12-3-5-15(17)13(12)9-18;/h2,4,6,12-13,15H,3,5,7-9,17H2,1H3;1H. The lowest BCUT2D eigenvalue weighted by Gasteiger charge is -2.18. The molecule has 0 spiro atoms. The summed E-state index contributed by atoms with van der Waals surface area (Å²) in [6, 6.07) is 5.84. The highest BCUT2D eigenvalue weighted by molar-refractivity contribution is 5.85. The van der Waals surface area contributed by atoms with Crippen LogP contribution < -0.4 is 5.73 Å². The van der Waals surface area contributed by atoms with Crippen LogP contribution in [-0.4, -0.2) is 24.0 Å². The van der Waals surface area contributed by atoms with Crippen LogP contribution in [0.1, 0.15) is 24.0 Å². The maximum absolute atomic E-state index is 13.2. The predicted molar refractivity (Wildman–Crippen MR) is 77.9 cm³/mol. The quantitative estimate of drug-likeness (QED) is 0.905. The lowest BCUT2D eigenvalue weighted by molar-refractivity contribution is 0.298. The molecule has 1 aromatic rings. The van der Waals surface area contributed by atoms with Crippen molar-refractivity contribution in [2.75, 3.05) is 13.1 Å². The number of nitrogens with two attached hydrogens (primary N) is 1. The van der Waals surface area contributed by atoms with Crippen LogP contribution in [0.4, 0.5) is 4.39 Å². The minimum atomic E-state index is -0.112. The highest BCUT2D eigenvalue weighted by Crippen LogP contribution is 2.37. The molecule has 0 aromatic heterocycles. The molecule has 2 N–H and O–H groups in total. The van der Waals surface area contributed by atoms with Crippen LogP contribution in [0.5, 0.6) is 0 Å². The maximum atomic E-state index is 13.2. The molecule has 3 rings (SSSR count). The molecule has 1 saturated carbocycles. The van der Waals surface area contributed by atoms with Crippen molar-refractivity contribution < 1.29 is 4.39 Å². The molecular formula is C15H22ClFN2. The largest absolute Gasteiger partial charge is 0.327 e. The number of fused-ring (bicyclic) bond motifs is 1.